The summed E-state index contributed by atoms with van der Waals surface area (Å²) in [5.41, 5.74) is 1.64. The molecule has 18 heavy (non-hydrogen) atoms. The van der Waals surface area contributed by atoms with E-state index in [-0.39, 0.29) is 10.6 Å². The molecule has 92 valence electrons. The molecule has 2 rings (SSSR count). The number of carbonyl (C=O) groups is 1. The number of aromatic carboxylic acids is 1. The summed E-state index contributed by atoms with van der Waals surface area (Å²) in [6.07, 6.45) is 2.95. The summed E-state index contributed by atoms with van der Waals surface area (Å²) in [6.45, 7) is 1.88. The molecule has 0 saturated heterocycles. The molecule has 0 atom stereocenters. The van der Waals surface area contributed by atoms with E-state index >= 15 is 0 Å². The van der Waals surface area contributed by atoms with E-state index < -0.39 is 5.97 Å². The van der Waals surface area contributed by atoms with Gasteiger partial charge in [0.25, 0.3) is 0 Å². The molecule has 0 bridgehead atoms. The fourth-order valence-electron chi connectivity index (χ4n) is 1.36. The second kappa shape index (κ2) is 5.01. The molecule has 0 fully saturated rings. The molecule has 0 radical (unpaired) electrons. The van der Waals surface area contributed by atoms with Gasteiger partial charge in [0.1, 0.15) is 5.82 Å². The van der Waals surface area contributed by atoms with E-state index in [2.05, 4.69) is 15.3 Å². The Balaban J connectivity index is 2.27. The van der Waals surface area contributed by atoms with Gasteiger partial charge in [-0.3, -0.25) is 4.98 Å². The summed E-state index contributed by atoms with van der Waals surface area (Å²) >= 11 is 5.73. The highest BCUT2D eigenvalue weighted by atomic mass is 35.5. The maximum atomic E-state index is 10.9. The first-order valence-corrected chi connectivity index (χ1v) is 5.52. The van der Waals surface area contributed by atoms with Crippen LogP contribution in [0.25, 0.3) is 0 Å². The molecule has 2 N–H and O–H groups in total. The first kappa shape index (κ1) is 12.3. The van der Waals surface area contributed by atoms with E-state index in [9.17, 15) is 4.79 Å². The number of nitrogens with zero attached hydrogens (tertiary/aromatic N) is 2. The van der Waals surface area contributed by atoms with Gasteiger partial charge in [-0.2, -0.15) is 0 Å². The Bertz CT molecular complexity index is 584. The zero-order chi connectivity index (χ0) is 13.1. The van der Waals surface area contributed by atoms with E-state index in [1.807, 2.05) is 19.1 Å². The molecule has 6 heteroatoms. The van der Waals surface area contributed by atoms with Crippen molar-refractivity contribution in [1.82, 2.24) is 9.97 Å². The molecule has 2 aromatic rings. The van der Waals surface area contributed by atoms with Gasteiger partial charge in [-0.1, -0.05) is 11.6 Å². The normalized spacial score (nSPS) is 10.1. The van der Waals surface area contributed by atoms with Gasteiger partial charge in [0.2, 0.25) is 0 Å². The van der Waals surface area contributed by atoms with Crippen molar-refractivity contribution in [1.29, 1.82) is 0 Å². The van der Waals surface area contributed by atoms with E-state index in [4.69, 9.17) is 16.7 Å². The van der Waals surface area contributed by atoms with Gasteiger partial charge in [0, 0.05) is 11.9 Å². The minimum absolute atomic E-state index is 0.00855. The van der Waals surface area contributed by atoms with Crippen LogP contribution in [-0.2, 0) is 0 Å². The smallest absolute Gasteiger partial charge is 0.337 e. The van der Waals surface area contributed by atoms with Crippen LogP contribution < -0.4 is 5.32 Å². The first-order chi connectivity index (χ1) is 8.56. The molecular formula is C12H10ClN3O2. The predicted octanol–water partition coefficient (Wildman–Crippen LogP) is 2.88. The fourth-order valence-corrected chi connectivity index (χ4v) is 1.54. The van der Waals surface area contributed by atoms with Crippen molar-refractivity contribution in [2.24, 2.45) is 0 Å². The molecule has 0 aliphatic carbocycles. The van der Waals surface area contributed by atoms with Gasteiger partial charge in [0.15, 0.2) is 0 Å². The van der Waals surface area contributed by atoms with Crippen molar-refractivity contribution in [3.63, 3.8) is 0 Å². The quantitative estimate of drug-likeness (QED) is 0.891. The Labute approximate surface area is 108 Å². The zero-order valence-corrected chi connectivity index (χ0v) is 10.3. The molecule has 0 amide bonds. The summed E-state index contributed by atoms with van der Waals surface area (Å²) in [7, 11) is 0. The van der Waals surface area contributed by atoms with Crippen molar-refractivity contribution < 1.29 is 9.90 Å². The van der Waals surface area contributed by atoms with E-state index in [1.165, 1.54) is 12.3 Å². The minimum atomic E-state index is -1.09. The molecule has 0 spiro atoms. The van der Waals surface area contributed by atoms with Gasteiger partial charge in [-0.05, 0) is 25.1 Å². The number of pyridine rings is 2. The lowest BCUT2D eigenvalue weighted by atomic mass is 10.2. The van der Waals surface area contributed by atoms with Crippen molar-refractivity contribution >= 4 is 29.1 Å². The molecular weight excluding hydrogens is 254 g/mol. The molecule has 0 saturated carbocycles. The average molecular weight is 264 g/mol. The molecule has 0 aromatic carbocycles. The number of aryl methyl sites for hydroxylation is 1. The van der Waals surface area contributed by atoms with Crippen LogP contribution in [0.5, 0.6) is 0 Å². The van der Waals surface area contributed by atoms with Crippen molar-refractivity contribution in [2.75, 3.05) is 5.32 Å². The molecule has 2 heterocycles. The van der Waals surface area contributed by atoms with Gasteiger partial charge < -0.3 is 10.4 Å². The number of rotatable bonds is 3. The monoisotopic (exact) mass is 263 g/mol. The van der Waals surface area contributed by atoms with Crippen molar-refractivity contribution in [3.8, 4) is 0 Å². The lowest BCUT2D eigenvalue weighted by Crippen LogP contribution is -2.01. The summed E-state index contributed by atoms with van der Waals surface area (Å²) in [5, 5.41) is 12.0. The Morgan fingerprint density at radius 3 is 2.72 bits per heavy atom. The van der Waals surface area contributed by atoms with Crippen LogP contribution in [0.1, 0.15) is 16.1 Å². The summed E-state index contributed by atoms with van der Waals surface area (Å²) in [6, 6.07) is 5.06. The number of carboxylic acids is 1. The lowest BCUT2D eigenvalue weighted by molar-refractivity contribution is 0.0697. The van der Waals surface area contributed by atoms with Crippen LogP contribution >= 0.6 is 11.6 Å². The van der Waals surface area contributed by atoms with Crippen LogP contribution in [0.3, 0.4) is 0 Å². The highest BCUT2D eigenvalue weighted by Crippen LogP contribution is 2.20. The number of anilines is 2. The predicted molar refractivity (Wildman–Crippen MR) is 68.5 cm³/mol. The standard InChI is InChI=1S/C12H10ClN3O2/c1-7-2-3-8(5-14-7)16-11-4-9(12(17)18)10(13)6-15-11/h2-6H,1H3,(H,15,16)(H,17,18). The summed E-state index contributed by atoms with van der Waals surface area (Å²) < 4.78 is 0. The summed E-state index contributed by atoms with van der Waals surface area (Å²) in [5.74, 6) is -0.685. The number of halogens is 1. The van der Waals surface area contributed by atoms with Crippen LogP contribution in [-0.4, -0.2) is 21.0 Å². The zero-order valence-electron chi connectivity index (χ0n) is 9.51. The van der Waals surface area contributed by atoms with E-state index in [0.717, 1.165) is 11.4 Å². The van der Waals surface area contributed by atoms with Crippen molar-refractivity contribution in [2.45, 2.75) is 6.92 Å². The molecule has 2 aromatic heterocycles. The topological polar surface area (TPSA) is 75.1 Å². The highest BCUT2D eigenvalue weighted by Gasteiger charge is 2.10. The van der Waals surface area contributed by atoms with E-state index in [1.54, 1.807) is 6.20 Å². The van der Waals surface area contributed by atoms with Crippen LogP contribution in [0.2, 0.25) is 5.02 Å². The van der Waals surface area contributed by atoms with Gasteiger partial charge in [-0.15, -0.1) is 0 Å². The van der Waals surface area contributed by atoms with Crippen molar-refractivity contribution in [3.05, 3.63) is 46.9 Å². The number of hydrogen-bond acceptors (Lipinski definition) is 4. The second-order valence-corrected chi connectivity index (χ2v) is 4.07. The third kappa shape index (κ3) is 2.75. The molecule has 0 unspecified atom stereocenters. The maximum Gasteiger partial charge on any atom is 0.337 e. The van der Waals surface area contributed by atoms with Gasteiger partial charge >= 0.3 is 5.97 Å². The Morgan fingerprint density at radius 2 is 2.11 bits per heavy atom. The number of hydrogen-bond donors (Lipinski definition) is 2. The van der Waals surface area contributed by atoms with Crippen LogP contribution in [0, 0.1) is 6.92 Å². The number of nitrogens with one attached hydrogen (secondary N) is 1. The largest absolute Gasteiger partial charge is 0.478 e. The summed E-state index contributed by atoms with van der Waals surface area (Å²) in [4.78, 5) is 19.0. The average Bonchev–Trinajstić information content (AvgIpc) is 2.34. The lowest BCUT2D eigenvalue weighted by Gasteiger charge is -2.06. The third-order valence-corrected chi connectivity index (χ3v) is 2.57. The Kier molecular flexibility index (Phi) is 3.43. The molecule has 5 nitrogen and oxygen atoms in total. The number of carboxylic acid groups (broad SMARTS) is 1. The highest BCUT2D eigenvalue weighted by molar-refractivity contribution is 6.33. The fraction of sp³-hybridized carbons (Fsp3) is 0.0833. The Morgan fingerprint density at radius 1 is 1.33 bits per heavy atom. The molecule has 0 aliphatic rings. The number of aromatic nitrogens is 2. The van der Waals surface area contributed by atoms with Gasteiger partial charge in [-0.25, -0.2) is 9.78 Å². The third-order valence-electron chi connectivity index (χ3n) is 2.27. The van der Waals surface area contributed by atoms with Crippen LogP contribution in [0.4, 0.5) is 11.5 Å². The SMILES string of the molecule is Cc1ccc(Nc2cc(C(=O)O)c(Cl)cn2)cn1. The first-order valence-electron chi connectivity index (χ1n) is 5.15. The Hall–Kier alpha value is -2.14. The van der Waals surface area contributed by atoms with Gasteiger partial charge in [0.05, 0.1) is 22.5 Å². The molecule has 0 aliphatic heterocycles. The van der Waals surface area contributed by atoms with E-state index in [0.29, 0.717) is 5.82 Å². The van der Waals surface area contributed by atoms with Crippen LogP contribution in [0.15, 0.2) is 30.6 Å². The minimum Gasteiger partial charge on any atom is -0.478 e. The maximum absolute atomic E-state index is 10.9. The second-order valence-electron chi connectivity index (χ2n) is 3.67.